The van der Waals surface area contributed by atoms with Crippen molar-refractivity contribution in [1.29, 1.82) is 0 Å². The zero-order chi connectivity index (χ0) is 15.4. The van der Waals surface area contributed by atoms with Crippen molar-refractivity contribution in [3.05, 3.63) is 37.9 Å². The summed E-state index contributed by atoms with van der Waals surface area (Å²) < 4.78 is 0. The predicted molar refractivity (Wildman–Crippen MR) is 71.8 cm³/mol. The molecule has 0 bridgehead atoms. The molecule has 0 saturated heterocycles. The average Bonchev–Trinajstić information content (AvgIpc) is 2.38. The van der Waals surface area contributed by atoms with Crippen LogP contribution in [-0.2, 0) is 0 Å². The molecular formula is C11H14N4O5. The second-order valence-corrected chi connectivity index (χ2v) is 3.91. The van der Waals surface area contributed by atoms with E-state index in [1.165, 1.54) is 0 Å². The van der Waals surface area contributed by atoms with E-state index in [-0.39, 0.29) is 11.3 Å². The summed E-state index contributed by atoms with van der Waals surface area (Å²) >= 11 is 0. The molecule has 0 radical (unpaired) electrons. The molecule has 1 rings (SSSR count). The summed E-state index contributed by atoms with van der Waals surface area (Å²) in [6, 6.07) is 1.87. The van der Waals surface area contributed by atoms with Crippen molar-refractivity contribution in [3.63, 3.8) is 0 Å². The number of anilines is 1. The molecule has 2 N–H and O–H groups in total. The topological polar surface area (TPSA) is 133 Å². The van der Waals surface area contributed by atoms with E-state index in [4.69, 9.17) is 5.73 Å². The number of rotatable bonds is 6. The van der Waals surface area contributed by atoms with Crippen molar-refractivity contribution < 1.29 is 14.6 Å². The highest BCUT2D eigenvalue weighted by Crippen LogP contribution is 2.34. The molecule has 1 aromatic rings. The molecule has 0 aliphatic rings. The van der Waals surface area contributed by atoms with E-state index in [1.807, 2.05) is 0 Å². The second kappa shape index (κ2) is 5.95. The minimum Gasteiger partial charge on any atom is -0.367 e. The molecule has 0 aliphatic heterocycles. The molecule has 0 heterocycles. The molecule has 108 valence electrons. The minimum atomic E-state index is -1.000. The molecule has 0 saturated carbocycles. The lowest BCUT2D eigenvalue weighted by Crippen LogP contribution is -2.24. The third-order valence-corrected chi connectivity index (χ3v) is 2.86. The van der Waals surface area contributed by atoms with Crippen molar-refractivity contribution in [1.82, 2.24) is 0 Å². The molecule has 9 heteroatoms. The SMILES string of the molecule is CCN(CC)c1cc(C(N)=O)c([N+](=O)[O-])cc1[N+](=O)[O-]. The van der Waals surface area contributed by atoms with Gasteiger partial charge in [0.1, 0.15) is 11.3 Å². The lowest BCUT2D eigenvalue weighted by Gasteiger charge is -2.21. The van der Waals surface area contributed by atoms with Crippen LogP contribution < -0.4 is 10.6 Å². The average molecular weight is 282 g/mol. The lowest BCUT2D eigenvalue weighted by molar-refractivity contribution is -0.393. The van der Waals surface area contributed by atoms with Crippen LogP contribution in [0.5, 0.6) is 0 Å². The summed E-state index contributed by atoms with van der Waals surface area (Å²) in [5, 5.41) is 21.9. The quantitative estimate of drug-likeness (QED) is 0.620. The van der Waals surface area contributed by atoms with Gasteiger partial charge in [0.15, 0.2) is 0 Å². The Morgan fingerprint density at radius 2 is 1.65 bits per heavy atom. The summed E-state index contributed by atoms with van der Waals surface area (Å²) in [4.78, 5) is 33.3. The van der Waals surface area contributed by atoms with Gasteiger partial charge in [0.25, 0.3) is 17.3 Å². The molecule has 9 nitrogen and oxygen atoms in total. The first-order valence-corrected chi connectivity index (χ1v) is 5.85. The van der Waals surface area contributed by atoms with Crippen LogP contribution in [0.15, 0.2) is 12.1 Å². The molecule has 1 amide bonds. The highest BCUT2D eigenvalue weighted by molar-refractivity contribution is 5.99. The zero-order valence-electron chi connectivity index (χ0n) is 11.0. The Hall–Kier alpha value is -2.71. The number of carbonyl (C=O) groups is 1. The van der Waals surface area contributed by atoms with E-state index >= 15 is 0 Å². The first-order valence-electron chi connectivity index (χ1n) is 5.85. The number of primary amides is 1. The molecule has 1 aromatic carbocycles. The van der Waals surface area contributed by atoms with E-state index in [2.05, 4.69) is 0 Å². The monoisotopic (exact) mass is 282 g/mol. The lowest BCUT2D eigenvalue weighted by atomic mass is 10.1. The highest BCUT2D eigenvalue weighted by atomic mass is 16.6. The first kappa shape index (κ1) is 15.3. The maximum Gasteiger partial charge on any atom is 0.299 e. The zero-order valence-corrected chi connectivity index (χ0v) is 11.0. The summed E-state index contributed by atoms with van der Waals surface area (Å²) in [6.45, 7) is 4.46. The number of hydrogen-bond donors (Lipinski definition) is 1. The molecule has 0 atom stereocenters. The van der Waals surface area contributed by atoms with Crippen LogP contribution in [0, 0.1) is 20.2 Å². The van der Waals surface area contributed by atoms with Gasteiger partial charge in [-0.2, -0.15) is 0 Å². The van der Waals surface area contributed by atoms with E-state index in [9.17, 15) is 25.0 Å². The molecule has 0 aromatic heterocycles. The van der Waals surface area contributed by atoms with Gasteiger partial charge in [0, 0.05) is 13.1 Å². The number of hydrogen-bond acceptors (Lipinski definition) is 6. The van der Waals surface area contributed by atoms with Crippen LogP contribution in [0.2, 0.25) is 0 Å². The van der Waals surface area contributed by atoms with Gasteiger partial charge in [-0.15, -0.1) is 0 Å². The van der Waals surface area contributed by atoms with Gasteiger partial charge in [-0.05, 0) is 19.9 Å². The van der Waals surface area contributed by atoms with Gasteiger partial charge >= 0.3 is 0 Å². The molecule has 0 unspecified atom stereocenters. The van der Waals surface area contributed by atoms with Crippen LogP contribution in [0.1, 0.15) is 24.2 Å². The van der Waals surface area contributed by atoms with E-state index in [1.54, 1.807) is 18.7 Å². The Bertz CT molecular complexity index is 568. The number of carbonyl (C=O) groups excluding carboxylic acids is 1. The van der Waals surface area contributed by atoms with E-state index in [0.29, 0.717) is 13.1 Å². The van der Waals surface area contributed by atoms with Crippen LogP contribution in [0.3, 0.4) is 0 Å². The summed E-state index contributed by atoms with van der Waals surface area (Å²) in [5.74, 6) is -1.000. The fraction of sp³-hybridized carbons (Fsp3) is 0.364. The molecule has 0 spiro atoms. The Balaban J connectivity index is 3.65. The predicted octanol–water partition coefficient (Wildman–Crippen LogP) is 1.45. The van der Waals surface area contributed by atoms with Crippen molar-refractivity contribution in [3.8, 4) is 0 Å². The van der Waals surface area contributed by atoms with Crippen molar-refractivity contribution in [2.75, 3.05) is 18.0 Å². The molecule has 0 aliphatic carbocycles. The Kier molecular flexibility index (Phi) is 4.57. The summed E-state index contributed by atoms with van der Waals surface area (Å²) in [5.41, 5.74) is 3.80. The molecular weight excluding hydrogens is 268 g/mol. The van der Waals surface area contributed by atoms with Crippen molar-refractivity contribution in [2.24, 2.45) is 5.73 Å². The smallest absolute Gasteiger partial charge is 0.299 e. The first-order chi connectivity index (χ1) is 9.33. The van der Waals surface area contributed by atoms with Gasteiger partial charge in [0.2, 0.25) is 0 Å². The van der Waals surface area contributed by atoms with Crippen molar-refractivity contribution in [2.45, 2.75) is 13.8 Å². The summed E-state index contributed by atoms with van der Waals surface area (Å²) in [6.07, 6.45) is 0. The van der Waals surface area contributed by atoms with Crippen molar-refractivity contribution >= 4 is 23.0 Å². The number of nitro benzene ring substituents is 2. The summed E-state index contributed by atoms with van der Waals surface area (Å²) in [7, 11) is 0. The largest absolute Gasteiger partial charge is 0.367 e. The van der Waals surface area contributed by atoms with Crippen LogP contribution in [0.4, 0.5) is 17.1 Å². The Labute approximate surface area is 114 Å². The van der Waals surface area contributed by atoms with Gasteiger partial charge in [0.05, 0.1) is 15.9 Å². The second-order valence-electron chi connectivity index (χ2n) is 3.91. The van der Waals surface area contributed by atoms with Gasteiger partial charge in [-0.25, -0.2) is 0 Å². The maximum absolute atomic E-state index is 11.3. The third-order valence-electron chi connectivity index (χ3n) is 2.86. The molecule has 0 fully saturated rings. The van der Waals surface area contributed by atoms with Gasteiger partial charge < -0.3 is 10.6 Å². The number of nitrogens with two attached hydrogens (primary N) is 1. The van der Waals surface area contributed by atoms with Gasteiger partial charge in [-0.1, -0.05) is 0 Å². The van der Waals surface area contributed by atoms with Crippen LogP contribution >= 0.6 is 0 Å². The fourth-order valence-electron chi connectivity index (χ4n) is 1.88. The van der Waals surface area contributed by atoms with Crippen LogP contribution in [0.25, 0.3) is 0 Å². The standard InChI is InChI=1S/C11H14N4O5/c1-3-13(4-2)9-5-7(11(12)16)8(14(17)18)6-10(9)15(19)20/h5-6H,3-4H2,1-2H3,(H2,12,16). The van der Waals surface area contributed by atoms with E-state index < -0.39 is 27.1 Å². The maximum atomic E-state index is 11.3. The number of nitro groups is 2. The van der Waals surface area contributed by atoms with E-state index in [0.717, 1.165) is 12.1 Å². The number of amides is 1. The molecule has 20 heavy (non-hydrogen) atoms. The Morgan fingerprint density at radius 3 is 2.00 bits per heavy atom. The van der Waals surface area contributed by atoms with Gasteiger partial charge in [-0.3, -0.25) is 25.0 Å². The number of benzene rings is 1. The third kappa shape index (κ3) is 2.82. The highest BCUT2D eigenvalue weighted by Gasteiger charge is 2.28. The van der Waals surface area contributed by atoms with Crippen LogP contribution in [-0.4, -0.2) is 28.8 Å². The normalized spacial score (nSPS) is 10.1. The minimum absolute atomic E-state index is 0.138. The Morgan fingerprint density at radius 1 is 1.15 bits per heavy atom. The fourth-order valence-corrected chi connectivity index (χ4v) is 1.88. The number of nitrogens with zero attached hydrogens (tertiary/aromatic N) is 3.